The molecule has 0 spiro atoms. The van der Waals surface area contributed by atoms with Crippen molar-refractivity contribution in [3.8, 4) is 101 Å². The Morgan fingerprint density at radius 3 is 1.33 bits per heavy atom. The highest BCUT2D eigenvalue weighted by Gasteiger charge is 2.23. The Hall–Kier alpha value is -8.85. The van der Waals surface area contributed by atoms with Gasteiger partial charge in [0.2, 0.25) is 0 Å². The van der Waals surface area contributed by atoms with E-state index in [4.69, 9.17) is 24.9 Å². The minimum atomic E-state index is 0.612. The van der Waals surface area contributed by atoms with E-state index in [9.17, 15) is 0 Å². The average Bonchev–Trinajstić information content (AvgIpc) is 3.83. The van der Waals surface area contributed by atoms with Crippen LogP contribution in [-0.4, -0.2) is 34.9 Å². The highest BCUT2D eigenvalue weighted by Crippen LogP contribution is 2.50. The molecule has 8 heteroatoms. The molecule has 0 aliphatic heterocycles. The predicted octanol–water partition coefficient (Wildman–Crippen LogP) is 14.8. The van der Waals surface area contributed by atoms with Gasteiger partial charge in [-0.05, 0) is 64.7 Å². The van der Waals surface area contributed by atoms with Crippen molar-refractivity contribution in [2.75, 3.05) is 0 Å². The van der Waals surface area contributed by atoms with Crippen LogP contribution in [0.25, 0.3) is 122 Å². The first-order valence-electron chi connectivity index (χ1n) is 22.0. The number of pyridine rings is 4. The van der Waals surface area contributed by atoms with Gasteiger partial charge in [0.1, 0.15) is 0 Å². The summed E-state index contributed by atoms with van der Waals surface area (Å²) < 4.78 is 1.19. The molecule has 0 amide bonds. The molecule has 0 aliphatic carbocycles. The molecule has 0 radical (unpaired) electrons. The van der Waals surface area contributed by atoms with Crippen molar-refractivity contribution in [2.24, 2.45) is 0 Å². The van der Waals surface area contributed by atoms with Gasteiger partial charge in [-0.3, -0.25) is 9.97 Å². The molecule has 314 valence electrons. The van der Waals surface area contributed by atoms with Crippen LogP contribution in [0.3, 0.4) is 0 Å². The number of rotatable bonds is 9. The number of fused-ring (bicyclic) bond motifs is 3. The topological polar surface area (TPSA) is 90.2 Å². The number of benzene rings is 6. The van der Waals surface area contributed by atoms with Crippen molar-refractivity contribution in [3.63, 3.8) is 0 Å². The van der Waals surface area contributed by atoms with Crippen LogP contribution in [0.1, 0.15) is 0 Å². The molecule has 12 aromatic rings. The summed E-state index contributed by atoms with van der Waals surface area (Å²) in [4.78, 5) is 35.8. The minimum absolute atomic E-state index is 0.612. The summed E-state index contributed by atoms with van der Waals surface area (Å²) in [7, 11) is 0. The van der Waals surface area contributed by atoms with E-state index in [2.05, 4.69) is 125 Å². The van der Waals surface area contributed by atoms with Gasteiger partial charge in [0.15, 0.2) is 17.5 Å². The number of thiophene rings is 1. The van der Waals surface area contributed by atoms with Gasteiger partial charge in [-0.2, -0.15) is 0 Å². The van der Waals surface area contributed by atoms with Gasteiger partial charge in [0, 0.05) is 60.6 Å². The third kappa shape index (κ3) is 7.71. The molecule has 0 unspecified atom stereocenters. The van der Waals surface area contributed by atoms with Crippen LogP contribution < -0.4 is 0 Å². The lowest BCUT2D eigenvalue weighted by molar-refractivity contribution is 1.07. The molecule has 0 aliphatic rings. The van der Waals surface area contributed by atoms with Crippen molar-refractivity contribution < 1.29 is 0 Å². The maximum Gasteiger partial charge on any atom is 0.164 e. The van der Waals surface area contributed by atoms with Crippen LogP contribution >= 0.6 is 11.3 Å². The highest BCUT2D eigenvalue weighted by atomic mass is 32.1. The monoisotopic (exact) mass is 875 g/mol. The van der Waals surface area contributed by atoms with Gasteiger partial charge in [0.25, 0.3) is 0 Å². The summed E-state index contributed by atoms with van der Waals surface area (Å²) in [5.74, 6) is 1.87. The molecule has 0 saturated carbocycles. The van der Waals surface area contributed by atoms with Crippen molar-refractivity contribution in [3.05, 3.63) is 225 Å². The van der Waals surface area contributed by atoms with Gasteiger partial charge in [-0.15, -0.1) is 11.3 Å². The van der Waals surface area contributed by atoms with Crippen LogP contribution in [-0.2, 0) is 0 Å². The maximum atomic E-state index is 5.39. The van der Waals surface area contributed by atoms with E-state index in [-0.39, 0.29) is 0 Å². The Morgan fingerprint density at radius 1 is 0.313 bits per heavy atom. The quantitative estimate of drug-likeness (QED) is 0.143. The van der Waals surface area contributed by atoms with Crippen LogP contribution in [0, 0.1) is 0 Å². The van der Waals surface area contributed by atoms with Crippen LogP contribution in [0.15, 0.2) is 225 Å². The first-order chi connectivity index (χ1) is 33.2. The van der Waals surface area contributed by atoms with E-state index in [1.807, 2.05) is 108 Å². The zero-order chi connectivity index (χ0) is 44.5. The zero-order valence-corrected chi connectivity index (χ0v) is 36.7. The summed E-state index contributed by atoms with van der Waals surface area (Å²) in [5.41, 5.74) is 14.3. The van der Waals surface area contributed by atoms with E-state index < -0.39 is 0 Å². The fourth-order valence-electron chi connectivity index (χ4n) is 8.60. The van der Waals surface area contributed by atoms with E-state index in [0.717, 1.165) is 99.7 Å². The molecule has 0 N–H and O–H groups in total. The second-order valence-electron chi connectivity index (χ2n) is 16.1. The molecule has 0 atom stereocenters. The third-order valence-corrected chi connectivity index (χ3v) is 13.1. The zero-order valence-electron chi connectivity index (χ0n) is 35.9. The highest BCUT2D eigenvalue weighted by molar-refractivity contribution is 7.24. The summed E-state index contributed by atoms with van der Waals surface area (Å²) in [5, 5.41) is 2.24. The lowest BCUT2D eigenvalue weighted by Gasteiger charge is -2.13. The fraction of sp³-hybridized carbons (Fsp3) is 0. The molecule has 6 aromatic heterocycles. The molecular formula is C59H37N7S. The fourth-order valence-corrected chi connectivity index (χ4v) is 9.96. The Labute approximate surface area is 390 Å². The van der Waals surface area contributed by atoms with Gasteiger partial charge in [-0.1, -0.05) is 170 Å². The molecule has 12 rings (SSSR count). The van der Waals surface area contributed by atoms with Crippen molar-refractivity contribution in [1.82, 2.24) is 34.9 Å². The summed E-state index contributed by atoms with van der Waals surface area (Å²) >= 11 is 1.81. The molecule has 0 fully saturated rings. The Kier molecular flexibility index (Phi) is 10.2. The number of nitrogens with zero attached hydrogens (tertiary/aromatic N) is 7. The molecule has 0 saturated heterocycles. The Morgan fingerprint density at radius 2 is 0.776 bits per heavy atom. The predicted molar refractivity (Wildman–Crippen MR) is 273 cm³/mol. The number of para-hydroxylation sites is 1. The number of hydrogen-bond acceptors (Lipinski definition) is 8. The maximum absolute atomic E-state index is 5.39. The van der Waals surface area contributed by atoms with Gasteiger partial charge < -0.3 is 0 Å². The lowest BCUT2D eigenvalue weighted by atomic mass is 9.93. The largest absolute Gasteiger partial charge is 0.255 e. The second kappa shape index (κ2) is 17.3. The van der Waals surface area contributed by atoms with Crippen LogP contribution in [0.2, 0.25) is 0 Å². The van der Waals surface area contributed by atoms with Gasteiger partial charge in [0.05, 0.1) is 34.0 Å². The molecular weight excluding hydrogens is 839 g/mol. The van der Waals surface area contributed by atoms with E-state index in [1.54, 1.807) is 12.4 Å². The Balaban J connectivity index is 1.02. The Bertz CT molecular complexity index is 3580. The smallest absolute Gasteiger partial charge is 0.164 e. The average molecular weight is 876 g/mol. The standard InChI is InChI=1S/C59H37N7S/c1-4-16-40(17-5-1)54-53-52(39-28-26-38(27-29-39)45-36-50(48-24-12-14-34-60-48)62-51(37-45)49-25-13-15-35-61-49)55(67-56(53)46-22-10-11-23-47(46)63-54)41-30-32-44(33-31-41)59-65-57(42-18-6-2-7-19-42)64-58(66-59)43-20-8-3-9-21-43/h1-37H. The number of hydrogen-bond donors (Lipinski definition) is 0. The molecule has 6 heterocycles. The van der Waals surface area contributed by atoms with Gasteiger partial charge >= 0.3 is 0 Å². The van der Waals surface area contributed by atoms with Crippen molar-refractivity contribution in [2.45, 2.75) is 0 Å². The first-order valence-corrected chi connectivity index (χ1v) is 22.9. The first kappa shape index (κ1) is 39.7. The minimum Gasteiger partial charge on any atom is -0.255 e. The van der Waals surface area contributed by atoms with E-state index in [0.29, 0.717) is 17.5 Å². The van der Waals surface area contributed by atoms with Crippen molar-refractivity contribution >= 4 is 32.3 Å². The molecule has 67 heavy (non-hydrogen) atoms. The second-order valence-corrected chi connectivity index (χ2v) is 17.1. The lowest BCUT2D eigenvalue weighted by Crippen LogP contribution is -2.00. The third-order valence-electron chi connectivity index (χ3n) is 11.9. The van der Waals surface area contributed by atoms with Crippen LogP contribution in [0.4, 0.5) is 0 Å². The summed E-state index contributed by atoms with van der Waals surface area (Å²) in [6, 6.07) is 72.7. The van der Waals surface area contributed by atoms with Crippen LogP contribution in [0.5, 0.6) is 0 Å². The SMILES string of the molecule is c1ccc(-c2nc(-c3ccccc3)nc(-c3ccc(-c4sc5c(c(-c6ccccc6)nc6ccccc65)c4-c4ccc(-c5cc(-c6ccccn6)nc(-c6ccccn6)c5)cc4)cc3)n2)cc1. The molecule has 7 nitrogen and oxygen atoms in total. The molecule has 6 aromatic carbocycles. The number of aromatic nitrogens is 7. The normalized spacial score (nSPS) is 11.3. The van der Waals surface area contributed by atoms with E-state index in [1.165, 1.54) is 4.70 Å². The van der Waals surface area contributed by atoms with Crippen molar-refractivity contribution in [1.29, 1.82) is 0 Å². The van der Waals surface area contributed by atoms with Gasteiger partial charge in [-0.25, -0.2) is 24.9 Å². The summed E-state index contributed by atoms with van der Waals surface area (Å²) in [6.07, 6.45) is 3.60. The van der Waals surface area contributed by atoms with E-state index >= 15 is 0 Å². The summed E-state index contributed by atoms with van der Waals surface area (Å²) in [6.45, 7) is 0. The molecule has 0 bridgehead atoms.